The van der Waals surface area contributed by atoms with Gasteiger partial charge in [0.15, 0.2) is 5.69 Å². The molecule has 126 valence electrons. The van der Waals surface area contributed by atoms with Crippen LogP contribution in [0.15, 0.2) is 24.4 Å². The minimum atomic E-state index is -0.820. The largest absolute Gasteiger partial charge is 0.481 e. The fourth-order valence-electron chi connectivity index (χ4n) is 2.85. The highest BCUT2D eigenvalue weighted by molar-refractivity contribution is 5.92. The first kappa shape index (κ1) is 16.1. The molecule has 1 saturated heterocycles. The third-order valence-corrected chi connectivity index (χ3v) is 4.25. The van der Waals surface area contributed by atoms with Gasteiger partial charge in [0.05, 0.1) is 17.8 Å². The molecule has 1 fully saturated rings. The number of hydrogen-bond acceptors (Lipinski definition) is 4. The molecule has 1 aliphatic heterocycles. The highest BCUT2D eigenvalue weighted by Gasteiger charge is 2.28. The summed E-state index contributed by atoms with van der Waals surface area (Å²) in [6.07, 6.45) is 2.38. The lowest BCUT2D eigenvalue weighted by atomic mass is 9.97. The van der Waals surface area contributed by atoms with Gasteiger partial charge in [-0.25, -0.2) is 9.07 Å². The quantitative estimate of drug-likeness (QED) is 0.923. The summed E-state index contributed by atoms with van der Waals surface area (Å²) in [6, 6.07) is 4.28. The lowest BCUT2D eigenvalue weighted by Gasteiger charge is -2.29. The number of benzene rings is 1. The number of carboxylic acid groups (broad SMARTS) is 1. The number of aromatic nitrogens is 3. The minimum Gasteiger partial charge on any atom is -0.481 e. The maximum absolute atomic E-state index is 13.2. The molecule has 1 amide bonds. The normalized spacial score (nSPS) is 15.5. The van der Waals surface area contributed by atoms with Crippen LogP contribution in [0.25, 0.3) is 5.69 Å². The van der Waals surface area contributed by atoms with E-state index in [1.165, 1.54) is 23.0 Å². The SMILES string of the molecule is Cc1cc(F)ccc1-n1cc(C(=O)N2CCC(C(=O)O)CC2)nn1. The van der Waals surface area contributed by atoms with Crippen LogP contribution in [0.2, 0.25) is 0 Å². The number of amides is 1. The van der Waals surface area contributed by atoms with Crippen LogP contribution in [-0.4, -0.2) is 50.0 Å². The van der Waals surface area contributed by atoms with Crippen molar-refractivity contribution in [3.05, 3.63) is 41.5 Å². The van der Waals surface area contributed by atoms with Crippen molar-refractivity contribution in [2.45, 2.75) is 19.8 Å². The van der Waals surface area contributed by atoms with E-state index in [4.69, 9.17) is 5.11 Å². The number of halogens is 1. The van der Waals surface area contributed by atoms with Crippen molar-refractivity contribution in [3.8, 4) is 5.69 Å². The number of aliphatic carboxylic acids is 1. The highest BCUT2D eigenvalue weighted by Crippen LogP contribution is 2.19. The molecule has 1 aromatic heterocycles. The van der Waals surface area contributed by atoms with E-state index in [9.17, 15) is 14.0 Å². The molecule has 0 aliphatic carbocycles. The van der Waals surface area contributed by atoms with E-state index in [2.05, 4.69) is 10.3 Å². The molecule has 0 saturated carbocycles. The molecule has 0 unspecified atom stereocenters. The number of carbonyl (C=O) groups excluding carboxylic acids is 1. The number of aryl methyl sites for hydroxylation is 1. The van der Waals surface area contributed by atoms with Crippen LogP contribution in [0.3, 0.4) is 0 Å². The van der Waals surface area contributed by atoms with Crippen molar-refractivity contribution < 1.29 is 19.1 Å². The van der Waals surface area contributed by atoms with Gasteiger partial charge in [0.1, 0.15) is 5.82 Å². The molecular formula is C16H17FN4O3. The van der Waals surface area contributed by atoms with E-state index in [0.717, 1.165) is 0 Å². The topological polar surface area (TPSA) is 88.3 Å². The summed E-state index contributed by atoms with van der Waals surface area (Å²) < 4.78 is 14.6. The second-order valence-electron chi connectivity index (χ2n) is 5.88. The van der Waals surface area contributed by atoms with Gasteiger partial charge in [0, 0.05) is 13.1 Å². The molecule has 0 spiro atoms. The van der Waals surface area contributed by atoms with Crippen molar-refractivity contribution in [3.63, 3.8) is 0 Å². The van der Waals surface area contributed by atoms with Crippen molar-refractivity contribution in [2.75, 3.05) is 13.1 Å². The molecule has 0 radical (unpaired) electrons. The van der Waals surface area contributed by atoms with Crippen LogP contribution in [0, 0.1) is 18.7 Å². The molecule has 0 bridgehead atoms. The Balaban J connectivity index is 1.74. The first-order valence-corrected chi connectivity index (χ1v) is 7.66. The maximum atomic E-state index is 13.2. The monoisotopic (exact) mass is 332 g/mol. The number of carbonyl (C=O) groups is 2. The highest BCUT2D eigenvalue weighted by atomic mass is 19.1. The maximum Gasteiger partial charge on any atom is 0.306 e. The van der Waals surface area contributed by atoms with Gasteiger partial charge in [-0.1, -0.05) is 5.21 Å². The van der Waals surface area contributed by atoms with Gasteiger partial charge < -0.3 is 10.0 Å². The Labute approximate surface area is 137 Å². The molecule has 0 atom stereocenters. The van der Waals surface area contributed by atoms with E-state index in [1.54, 1.807) is 17.9 Å². The summed E-state index contributed by atoms with van der Waals surface area (Å²) >= 11 is 0. The number of carboxylic acids is 1. The van der Waals surface area contributed by atoms with Crippen LogP contribution in [0.1, 0.15) is 28.9 Å². The van der Waals surface area contributed by atoms with Gasteiger partial charge in [0.25, 0.3) is 5.91 Å². The average Bonchev–Trinajstić information content (AvgIpc) is 3.04. The number of hydrogen-bond donors (Lipinski definition) is 1. The Morgan fingerprint density at radius 2 is 2.00 bits per heavy atom. The zero-order valence-corrected chi connectivity index (χ0v) is 13.1. The van der Waals surface area contributed by atoms with Crippen molar-refractivity contribution >= 4 is 11.9 Å². The van der Waals surface area contributed by atoms with Crippen molar-refractivity contribution in [2.24, 2.45) is 5.92 Å². The summed E-state index contributed by atoms with van der Waals surface area (Å²) in [4.78, 5) is 25.0. The number of piperidine rings is 1. The second-order valence-corrected chi connectivity index (χ2v) is 5.88. The van der Waals surface area contributed by atoms with Gasteiger partial charge in [-0.15, -0.1) is 5.10 Å². The molecule has 1 N–H and O–H groups in total. The van der Waals surface area contributed by atoms with E-state index in [-0.39, 0.29) is 17.4 Å². The lowest BCUT2D eigenvalue weighted by Crippen LogP contribution is -2.40. The van der Waals surface area contributed by atoms with Crippen molar-refractivity contribution in [1.29, 1.82) is 0 Å². The van der Waals surface area contributed by atoms with Crippen molar-refractivity contribution in [1.82, 2.24) is 19.9 Å². The van der Waals surface area contributed by atoms with E-state index in [0.29, 0.717) is 37.2 Å². The molecule has 1 aromatic carbocycles. The summed E-state index contributed by atoms with van der Waals surface area (Å²) in [5.41, 5.74) is 1.52. The first-order valence-electron chi connectivity index (χ1n) is 7.66. The predicted molar refractivity (Wildman–Crippen MR) is 82.3 cm³/mol. The van der Waals surface area contributed by atoms with Crippen LogP contribution >= 0.6 is 0 Å². The Bertz CT molecular complexity index is 781. The molecule has 7 nitrogen and oxygen atoms in total. The Morgan fingerprint density at radius 1 is 1.29 bits per heavy atom. The molecule has 3 rings (SSSR count). The average molecular weight is 332 g/mol. The fourth-order valence-corrected chi connectivity index (χ4v) is 2.85. The lowest BCUT2D eigenvalue weighted by molar-refractivity contribution is -0.143. The van der Waals surface area contributed by atoms with Crippen LogP contribution in [0.4, 0.5) is 4.39 Å². The third-order valence-electron chi connectivity index (χ3n) is 4.25. The molecule has 1 aliphatic rings. The molecular weight excluding hydrogens is 315 g/mol. The minimum absolute atomic E-state index is 0.188. The zero-order chi connectivity index (χ0) is 17.3. The van der Waals surface area contributed by atoms with Gasteiger partial charge in [-0.05, 0) is 43.5 Å². The van der Waals surface area contributed by atoms with Gasteiger partial charge >= 0.3 is 5.97 Å². The smallest absolute Gasteiger partial charge is 0.306 e. The molecule has 2 heterocycles. The number of likely N-dealkylation sites (tertiary alicyclic amines) is 1. The first-order chi connectivity index (χ1) is 11.5. The summed E-state index contributed by atoms with van der Waals surface area (Å²) in [5.74, 6) is -1.83. The fraction of sp³-hybridized carbons (Fsp3) is 0.375. The third kappa shape index (κ3) is 3.12. The molecule has 24 heavy (non-hydrogen) atoms. The zero-order valence-electron chi connectivity index (χ0n) is 13.1. The Hall–Kier alpha value is -2.77. The Morgan fingerprint density at radius 3 is 2.62 bits per heavy atom. The number of rotatable bonds is 3. The summed E-state index contributed by atoms with van der Waals surface area (Å²) in [7, 11) is 0. The van der Waals surface area contributed by atoms with Crippen LogP contribution < -0.4 is 0 Å². The summed E-state index contributed by atoms with van der Waals surface area (Å²) in [5, 5.41) is 16.8. The van der Waals surface area contributed by atoms with Gasteiger partial charge in [0.2, 0.25) is 0 Å². The van der Waals surface area contributed by atoms with Crippen LogP contribution in [0.5, 0.6) is 0 Å². The van der Waals surface area contributed by atoms with Crippen LogP contribution in [-0.2, 0) is 4.79 Å². The molecule has 2 aromatic rings. The Kier molecular flexibility index (Phi) is 4.28. The predicted octanol–water partition coefficient (Wildman–Crippen LogP) is 1.65. The molecule has 8 heteroatoms. The van der Waals surface area contributed by atoms with E-state index in [1.807, 2.05) is 0 Å². The van der Waals surface area contributed by atoms with Gasteiger partial charge in [-0.2, -0.15) is 0 Å². The summed E-state index contributed by atoms with van der Waals surface area (Å²) in [6.45, 7) is 2.52. The number of nitrogens with zero attached hydrogens (tertiary/aromatic N) is 4. The standard InChI is InChI=1S/C16H17FN4O3/c1-10-8-12(17)2-3-14(10)21-9-13(18-19-21)15(22)20-6-4-11(5-7-20)16(23)24/h2-3,8-9,11H,4-7H2,1H3,(H,23,24). The van der Waals surface area contributed by atoms with E-state index >= 15 is 0 Å². The van der Waals surface area contributed by atoms with Gasteiger partial charge in [-0.3, -0.25) is 9.59 Å². The van der Waals surface area contributed by atoms with E-state index < -0.39 is 11.9 Å². The second kappa shape index (κ2) is 6.38.